The molecule has 0 aliphatic carbocycles. The topological polar surface area (TPSA) is 51.2 Å². The van der Waals surface area contributed by atoms with E-state index in [1.807, 2.05) is 24.3 Å². The summed E-state index contributed by atoms with van der Waals surface area (Å²) in [7, 11) is 0. The first-order valence-electron chi connectivity index (χ1n) is 6.70. The molecule has 1 unspecified atom stereocenters. The van der Waals surface area contributed by atoms with E-state index in [2.05, 4.69) is 10.3 Å². The third-order valence-corrected chi connectivity index (χ3v) is 4.19. The number of anilines is 1. The van der Waals surface area contributed by atoms with Crippen molar-refractivity contribution < 1.29 is 9.53 Å². The molecule has 0 spiro atoms. The van der Waals surface area contributed by atoms with Crippen molar-refractivity contribution >= 4 is 44.2 Å². The second-order valence-electron chi connectivity index (χ2n) is 4.69. The van der Waals surface area contributed by atoms with Crippen LogP contribution in [0.2, 0.25) is 5.02 Å². The van der Waals surface area contributed by atoms with Crippen molar-refractivity contribution in [2.75, 3.05) is 5.32 Å². The van der Waals surface area contributed by atoms with E-state index in [1.165, 1.54) is 11.3 Å². The summed E-state index contributed by atoms with van der Waals surface area (Å²) in [5.41, 5.74) is 0.867. The van der Waals surface area contributed by atoms with E-state index < -0.39 is 6.10 Å². The molecule has 0 bridgehead atoms. The molecule has 1 heterocycles. The number of fused-ring (bicyclic) bond motifs is 1. The lowest BCUT2D eigenvalue weighted by Gasteiger charge is -2.13. The fraction of sp³-hybridized carbons (Fsp3) is 0.125. The third kappa shape index (κ3) is 3.37. The van der Waals surface area contributed by atoms with Crippen LogP contribution >= 0.6 is 22.9 Å². The standard InChI is InChI=1S/C16H13ClN2O2S/c1-10(21-12-6-4-5-11(17)9-12)15(20)19-16-18-13-7-2-3-8-14(13)22-16/h2-10H,1H3,(H,18,19,20). The van der Waals surface area contributed by atoms with Gasteiger partial charge in [0.25, 0.3) is 5.91 Å². The highest BCUT2D eigenvalue weighted by Crippen LogP contribution is 2.25. The van der Waals surface area contributed by atoms with Crippen molar-refractivity contribution in [2.45, 2.75) is 13.0 Å². The maximum Gasteiger partial charge on any atom is 0.266 e. The highest BCUT2D eigenvalue weighted by atomic mass is 35.5. The fourth-order valence-electron chi connectivity index (χ4n) is 1.93. The first-order valence-corrected chi connectivity index (χ1v) is 7.90. The molecule has 1 amide bonds. The molecule has 1 atom stereocenters. The van der Waals surface area contributed by atoms with Gasteiger partial charge in [0.05, 0.1) is 10.2 Å². The van der Waals surface area contributed by atoms with Crippen molar-refractivity contribution in [3.63, 3.8) is 0 Å². The van der Waals surface area contributed by atoms with Gasteiger partial charge in [-0.3, -0.25) is 10.1 Å². The smallest absolute Gasteiger partial charge is 0.266 e. The minimum Gasteiger partial charge on any atom is -0.481 e. The minimum atomic E-state index is -0.648. The average molecular weight is 333 g/mol. The van der Waals surface area contributed by atoms with Gasteiger partial charge in [0.15, 0.2) is 11.2 Å². The maximum atomic E-state index is 12.2. The summed E-state index contributed by atoms with van der Waals surface area (Å²) < 4.78 is 6.61. The van der Waals surface area contributed by atoms with Crippen LogP contribution in [-0.4, -0.2) is 17.0 Å². The average Bonchev–Trinajstić information content (AvgIpc) is 2.89. The first-order chi connectivity index (χ1) is 10.6. The molecule has 4 nitrogen and oxygen atoms in total. The zero-order chi connectivity index (χ0) is 15.5. The van der Waals surface area contributed by atoms with E-state index in [1.54, 1.807) is 31.2 Å². The van der Waals surface area contributed by atoms with Crippen LogP contribution in [-0.2, 0) is 4.79 Å². The summed E-state index contributed by atoms with van der Waals surface area (Å²) >= 11 is 7.33. The van der Waals surface area contributed by atoms with E-state index in [0.29, 0.717) is 15.9 Å². The molecule has 3 aromatic rings. The third-order valence-electron chi connectivity index (χ3n) is 3.00. The van der Waals surface area contributed by atoms with Gasteiger partial charge in [0.2, 0.25) is 0 Å². The van der Waals surface area contributed by atoms with Gasteiger partial charge in [-0.1, -0.05) is 41.1 Å². The van der Waals surface area contributed by atoms with Crippen LogP contribution in [0.1, 0.15) is 6.92 Å². The van der Waals surface area contributed by atoms with Crippen molar-refractivity contribution in [1.29, 1.82) is 0 Å². The number of nitrogens with one attached hydrogen (secondary N) is 1. The Kier molecular flexibility index (Phi) is 4.27. The van der Waals surface area contributed by atoms with Crippen LogP contribution in [0.15, 0.2) is 48.5 Å². The molecule has 0 radical (unpaired) electrons. The molecule has 0 fully saturated rings. The van der Waals surface area contributed by atoms with Crippen LogP contribution in [0.25, 0.3) is 10.2 Å². The summed E-state index contributed by atoms with van der Waals surface area (Å²) in [6.07, 6.45) is -0.648. The Morgan fingerprint density at radius 1 is 1.27 bits per heavy atom. The van der Waals surface area contributed by atoms with Gasteiger partial charge in [0.1, 0.15) is 5.75 Å². The van der Waals surface area contributed by atoms with Crippen molar-refractivity contribution in [3.05, 3.63) is 53.6 Å². The molecule has 1 N–H and O–H groups in total. The number of aromatic nitrogens is 1. The fourth-order valence-corrected chi connectivity index (χ4v) is 2.98. The second kappa shape index (κ2) is 6.34. The lowest BCUT2D eigenvalue weighted by atomic mass is 10.3. The molecule has 112 valence electrons. The lowest BCUT2D eigenvalue weighted by Crippen LogP contribution is -2.30. The monoisotopic (exact) mass is 332 g/mol. The van der Waals surface area contributed by atoms with Gasteiger partial charge in [0, 0.05) is 5.02 Å². The molecule has 1 aromatic heterocycles. The number of carbonyl (C=O) groups is 1. The maximum absolute atomic E-state index is 12.2. The summed E-state index contributed by atoms with van der Waals surface area (Å²) in [6, 6.07) is 14.7. The van der Waals surface area contributed by atoms with Gasteiger partial charge in [-0.25, -0.2) is 4.98 Å². The van der Waals surface area contributed by atoms with Crippen molar-refractivity contribution in [3.8, 4) is 5.75 Å². The van der Waals surface area contributed by atoms with Gasteiger partial charge < -0.3 is 4.74 Å². The predicted octanol–water partition coefficient (Wildman–Crippen LogP) is 4.36. The number of carbonyl (C=O) groups excluding carboxylic acids is 1. The van der Waals surface area contributed by atoms with E-state index in [-0.39, 0.29) is 5.91 Å². The molecule has 2 aromatic carbocycles. The first kappa shape index (κ1) is 14.8. The zero-order valence-electron chi connectivity index (χ0n) is 11.7. The Balaban J connectivity index is 1.68. The van der Waals surface area contributed by atoms with E-state index >= 15 is 0 Å². The number of halogens is 1. The summed E-state index contributed by atoms with van der Waals surface area (Å²) in [5.74, 6) is 0.304. The minimum absolute atomic E-state index is 0.251. The number of para-hydroxylation sites is 1. The molecule has 0 saturated carbocycles. The zero-order valence-corrected chi connectivity index (χ0v) is 13.3. The molecule has 0 aliphatic rings. The number of nitrogens with zero attached hydrogens (tertiary/aromatic N) is 1. The van der Waals surface area contributed by atoms with E-state index in [4.69, 9.17) is 16.3 Å². The van der Waals surface area contributed by atoms with Gasteiger partial charge in [-0.2, -0.15) is 0 Å². The van der Waals surface area contributed by atoms with Crippen LogP contribution in [0.3, 0.4) is 0 Å². The lowest BCUT2D eigenvalue weighted by molar-refractivity contribution is -0.122. The van der Waals surface area contributed by atoms with Crippen molar-refractivity contribution in [1.82, 2.24) is 4.98 Å². The molecular weight excluding hydrogens is 320 g/mol. The highest BCUT2D eigenvalue weighted by Gasteiger charge is 2.16. The quantitative estimate of drug-likeness (QED) is 0.772. The molecule has 6 heteroatoms. The Hall–Kier alpha value is -2.11. The Bertz CT molecular complexity index is 786. The Morgan fingerprint density at radius 3 is 2.86 bits per heavy atom. The van der Waals surface area contributed by atoms with Crippen LogP contribution in [0, 0.1) is 0 Å². The summed E-state index contributed by atoms with van der Waals surface area (Å²) in [4.78, 5) is 16.5. The number of amides is 1. The van der Waals surface area contributed by atoms with Gasteiger partial charge in [-0.05, 0) is 37.3 Å². The van der Waals surface area contributed by atoms with Gasteiger partial charge in [-0.15, -0.1) is 0 Å². The molecule has 22 heavy (non-hydrogen) atoms. The van der Waals surface area contributed by atoms with Crippen LogP contribution < -0.4 is 10.1 Å². The van der Waals surface area contributed by atoms with E-state index in [0.717, 1.165) is 10.2 Å². The largest absolute Gasteiger partial charge is 0.481 e. The van der Waals surface area contributed by atoms with Crippen LogP contribution in [0.4, 0.5) is 5.13 Å². The molecule has 0 aliphatic heterocycles. The van der Waals surface area contributed by atoms with Crippen molar-refractivity contribution in [2.24, 2.45) is 0 Å². The molecular formula is C16H13ClN2O2S. The Morgan fingerprint density at radius 2 is 2.09 bits per heavy atom. The summed E-state index contributed by atoms with van der Waals surface area (Å²) in [5, 5.41) is 3.91. The van der Waals surface area contributed by atoms with E-state index in [9.17, 15) is 4.79 Å². The van der Waals surface area contributed by atoms with Gasteiger partial charge >= 0.3 is 0 Å². The molecule has 0 saturated heterocycles. The number of benzene rings is 2. The Labute approximate surface area is 136 Å². The predicted molar refractivity (Wildman–Crippen MR) is 89.8 cm³/mol. The normalized spacial score (nSPS) is 12.1. The molecule has 3 rings (SSSR count). The highest BCUT2D eigenvalue weighted by molar-refractivity contribution is 7.22. The number of thiazole rings is 1. The summed E-state index contributed by atoms with van der Waals surface area (Å²) in [6.45, 7) is 1.68. The number of hydrogen-bond donors (Lipinski definition) is 1. The number of rotatable bonds is 4. The number of hydrogen-bond acceptors (Lipinski definition) is 4. The number of ether oxygens (including phenoxy) is 1. The van der Waals surface area contributed by atoms with Crippen LogP contribution in [0.5, 0.6) is 5.75 Å². The SMILES string of the molecule is CC(Oc1cccc(Cl)c1)C(=O)Nc1nc2ccccc2s1. The second-order valence-corrected chi connectivity index (χ2v) is 6.16.